The lowest BCUT2D eigenvalue weighted by atomic mass is 9.96. The van der Waals surface area contributed by atoms with E-state index in [0.29, 0.717) is 0 Å². The fraction of sp³-hybridized carbons (Fsp3) is 0.846. The Bertz CT molecular complexity index is 199. The van der Waals surface area contributed by atoms with Crippen molar-refractivity contribution < 1.29 is 14.2 Å². The molecule has 1 saturated heterocycles. The Morgan fingerprint density at radius 1 is 1.44 bits per heavy atom. The molecule has 1 aliphatic rings. The molecule has 0 aromatic rings. The molecule has 0 radical (unpaired) electrons. The first-order chi connectivity index (χ1) is 7.80. The summed E-state index contributed by atoms with van der Waals surface area (Å²) in [6.45, 7) is 3.11. The van der Waals surface area contributed by atoms with E-state index in [1.807, 2.05) is 0 Å². The normalized spacial score (nSPS) is 23.8. The van der Waals surface area contributed by atoms with Gasteiger partial charge in [-0.3, -0.25) is 0 Å². The molecule has 1 rings (SSSR count). The highest BCUT2D eigenvalue weighted by Crippen LogP contribution is 2.25. The molecular weight excluding hydrogens is 204 g/mol. The number of hydrogen-bond acceptors (Lipinski definition) is 3. The maximum Gasteiger partial charge on any atom is 0.160 e. The summed E-state index contributed by atoms with van der Waals surface area (Å²) in [6, 6.07) is 0. The summed E-state index contributed by atoms with van der Waals surface area (Å²) >= 11 is 0. The molecule has 0 saturated carbocycles. The van der Waals surface area contributed by atoms with Crippen LogP contribution in [0.2, 0.25) is 0 Å². The van der Waals surface area contributed by atoms with Crippen molar-refractivity contribution >= 4 is 0 Å². The number of methoxy groups -OCH3 is 2. The summed E-state index contributed by atoms with van der Waals surface area (Å²) in [7, 11) is 3.32. The van der Waals surface area contributed by atoms with E-state index in [9.17, 15) is 0 Å². The minimum absolute atomic E-state index is 0.149. The van der Waals surface area contributed by atoms with Crippen LogP contribution in [0, 0.1) is 5.92 Å². The number of allylic oxidation sites excluding steroid dienone is 1. The summed E-state index contributed by atoms with van der Waals surface area (Å²) in [6.07, 6.45) is 7.56. The first-order valence-corrected chi connectivity index (χ1v) is 6.17. The average Bonchev–Trinajstić information content (AvgIpc) is 2.33. The molecule has 0 bridgehead atoms. The van der Waals surface area contributed by atoms with Crippen LogP contribution in [0.15, 0.2) is 11.8 Å². The van der Waals surface area contributed by atoms with Crippen molar-refractivity contribution in [2.75, 3.05) is 20.8 Å². The molecule has 94 valence electrons. The number of hydrogen-bond donors (Lipinski definition) is 0. The molecule has 1 heterocycles. The van der Waals surface area contributed by atoms with Crippen LogP contribution in [0.1, 0.15) is 39.0 Å². The minimum atomic E-state index is -0.149. The van der Waals surface area contributed by atoms with Gasteiger partial charge in [0, 0.05) is 27.1 Å². The second kappa shape index (κ2) is 7.69. The molecule has 0 aromatic carbocycles. The Hall–Kier alpha value is -0.540. The standard InChI is InChI=1S/C13H24O3/c1-4-5-11-6-7-12(16-10-11)8-9-13(14-2)15-3/h8,11,13H,4-7,9-10H2,1-3H3/b12-8-. The van der Waals surface area contributed by atoms with Gasteiger partial charge in [-0.1, -0.05) is 13.3 Å². The minimum Gasteiger partial charge on any atom is -0.498 e. The van der Waals surface area contributed by atoms with E-state index in [4.69, 9.17) is 14.2 Å². The van der Waals surface area contributed by atoms with Gasteiger partial charge in [0.05, 0.1) is 12.4 Å². The van der Waals surface area contributed by atoms with Gasteiger partial charge in [0.2, 0.25) is 0 Å². The first-order valence-electron chi connectivity index (χ1n) is 6.17. The number of rotatable bonds is 6. The van der Waals surface area contributed by atoms with Gasteiger partial charge in [-0.05, 0) is 24.8 Å². The zero-order chi connectivity index (χ0) is 11.8. The highest BCUT2D eigenvalue weighted by Gasteiger charge is 2.16. The third kappa shape index (κ3) is 4.54. The molecule has 16 heavy (non-hydrogen) atoms. The monoisotopic (exact) mass is 228 g/mol. The van der Waals surface area contributed by atoms with E-state index >= 15 is 0 Å². The van der Waals surface area contributed by atoms with Crippen molar-refractivity contribution in [3.8, 4) is 0 Å². The predicted octanol–water partition coefficient (Wildman–Crippen LogP) is 3.11. The van der Waals surface area contributed by atoms with Crippen LogP contribution in [-0.4, -0.2) is 27.1 Å². The fourth-order valence-electron chi connectivity index (χ4n) is 2.04. The molecule has 3 nitrogen and oxygen atoms in total. The Kier molecular flexibility index (Phi) is 6.50. The fourth-order valence-corrected chi connectivity index (χ4v) is 2.04. The van der Waals surface area contributed by atoms with Gasteiger partial charge in [0.15, 0.2) is 6.29 Å². The van der Waals surface area contributed by atoms with E-state index < -0.39 is 0 Å². The van der Waals surface area contributed by atoms with Gasteiger partial charge >= 0.3 is 0 Å². The third-order valence-electron chi connectivity index (χ3n) is 3.06. The molecule has 1 atom stereocenters. The quantitative estimate of drug-likeness (QED) is 0.654. The lowest BCUT2D eigenvalue weighted by Crippen LogP contribution is -2.17. The third-order valence-corrected chi connectivity index (χ3v) is 3.06. The smallest absolute Gasteiger partial charge is 0.160 e. The summed E-state index contributed by atoms with van der Waals surface area (Å²) in [5.41, 5.74) is 0. The second-order valence-corrected chi connectivity index (χ2v) is 4.31. The predicted molar refractivity (Wildman–Crippen MR) is 64.1 cm³/mol. The Morgan fingerprint density at radius 2 is 2.19 bits per heavy atom. The summed E-state index contributed by atoms with van der Waals surface area (Å²) < 4.78 is 16.0. The van der Waals surface area contributed by atoms with Crippen molar-refractivity contribution in [1.29, 1.82) is 0 Å². The van der Waals surface area contributed by atoms with Crippen molar-refractivity contribution in [3.63, 3.8) is 0 Å². The van der Waals surface area contributed by atoms with Gasteiger partial charge < -0.3 is 14.2 Å². The van der Waals surface area contributed by atoms with Crippen LogP contribution in [-0.2, 0) is 14.2 Å². The van der Waals surface area contributed by atoms with E-state index in [0.717, 1.165) is 31.1 Å². The summed E-state index contributed by atoms with van der Waals surface area (Å²) in [5.74, 6) is 1.86. The molecule has 0 spiro atoms. The van der Waals surface area contributed by atoms with Crippen LogP contribution in [0.25, 0.3) is 0 Å². The largest absolute Gasteiger partial charge is 0.498 e. The number of ether oxygens (including phenoxy) is 3. The molecule has 1 unspecified atom stereocenters. The molecule has 0 aliphatic carbocycles. The van der Waals surface area contributed by atoms with Crippen molar-refractivity contribution in [1.82, 2.24) is 0 Å². The van der Waals surface area contributed by atoms with Gasteiger partial charge in [-0.2, -0.15) is 0 Å². The molecule has 1 aliphatic heterocycles. The van der Waals surface area contributed by atoms with Crippen molar-refractivity contribution in [3.05, 3.63) is 11.8 Å². The van der Waals surface area contributed by atoms with Crippen LogP contribution < -0.4 is 0 Å². The molecule has 0 N–H and O–H groups in total. The highest BCUT2D eigenvalue weighted by molar-refractivity contribution is 4.96. The Labute approximate surface area is 98.8 Å². The Balaban J connectivity index is 2.27. The maximum atomic E-state index is 5.73. The maximum absolute atomic E-state index is 5.73. The van der Waals surface area contributed by atoms with Crippen molar-refractivity contribution in [2.45, 2.75) is 45.3 Å². The molecule has 3 heteroatoms. The first kappa shape index (κ1) is 13.5. The van der Waals surface area contributed by atoms with Gasteiger partial charge in [0.25, 0.3) is 0 Å². The van der Waals surface area contributed by atoms with Crippen molar-refractivity contribution in [2.24, 2.45) is 5.92 Å². The average molecular weight is 228 g/mol. The van der Waals surface area contributed by atoms with Gasteiger partial charge in [-0.25, -0.2) is 0 Å². The van der Waals surface area contributed by atoms with E-state index in [-0.39, 0.29) is 6.29 Å². The highest BCUT2D eigenvalue weighted by atomic mass is 16.7. The van der Waals surface area contributed by atoms with Gasteiger partial charge in [0.1, 0.15) is 0 Å². The zero-order valence-electron chi connectivity index (χ0n) is 10.7. The SMILES string of the molecule is CCCC1CC/C(=C/CC(OC)OC)OC1. The molecular formula is C13H24O3. The Morgan fingerprint density at radius 3 is 2.69 bits per heavy atom. The van der Waals surface area contributed by atoms with E-state index in [2.05, 4.69) is 13.0 Å². The van der Waals surface area contributed by atoms with E-state index in [1.54, 1.807) is 14.2 Å². The second-order valence-electron chi connectivity index (χ2n) is 4.31. The van der Waals surface area contributed by atoms with Crippen LogP contribution in [0.4, 0.5) is 0 Å². The topological polar surface area (TPSA) is 27.7 Å². The molecule has 1 fully saturated rings. The van der Waals surface area contributed by atoms with Crippen LogP contribution >= 0.6 is 0 Å². The molecule has 0 amide bonds. The molecule has 0 aromatic heterocycles. The lowest BCUT2D eigenvalue weighted by molar-refractivity contribution is -0.0991. The zero-order valence-corrected chi connectivity index (χ0v) is 10.7. The summed E-state index contributed by atoms with van der Waals surface area (Å²) in [5, 5.41) is 0. The van der Waals surface area contributed by atoms with E-state index in [1.165, 1.54) is 19.3 Å². The van der Waals surface area contributed by atoms with Crippen LogP contribution in [0.5, 0.6) is 0 Å². The lowest BCUT2D eigenvalue weighted by Gasteiger charge is -2.25. The van der Waals surface area contributed by atoms with Crippen LogP contribution in [0.3, 0.4) is 0 Å². The summed E-state index contributed by atoms with van der Waals surface area (Å²) in [4.78, 5) is 0. The van der Waals surface area contributed by atoms with Gasteiger partial charge in [-0.15, -0.1) is 0 Å².